The Labute approximate surface area is 95.5 Å². The molecule has 0 aliphatic rings. The van der Waals surface area contributed by atoms with E-state index in [9.17, 15) is 8.78 Å². The van der Waals surface area contributed by atoms with Crippen LogP contribution in [0.3, 0.4) is 0 Å². The maximum absolute atomic E-state index is 13.4. The molecule has 0 bridgehead atoms. The van der Waals surface area contributed by atoms with Gasteiger partial charge in [0.05, 0.1) is 11.6 Å². The Balaban J connectivity index is 3.01. The molecular formula is C10H12BrF2NO. The van der Waals surface area contributed by atoms with Gasteiger partial charge < -0.3 is 10.5 Å². The highest BCUT2D eigenvalue weighted by Crippen LogP contribution is 2.35. The quantitative estimate of drug-likeness (QED) is 0.920. The summed E-state index contributed by atoms with van der Waals surface area (Å²) in [6.07, 6.45) is -0.355. The zero-order valence-electron chi connectivity index (χ0n) is 8.27. The molecule has 0 heterocycles. The zero-order chi connectivity index (χ0) is 11.5. The number of halogens is 3. The number of hydrogen-bond donors (Lipinski definition) is 1. The summed E-state index contributed by atoms with van der Waals surface area (Å²) in [5.74, 6) is -2.36. The second-order valence-corrected chi connectivity index (χ2v) is 3.95. The van der Waals surface area contributed by atoms with Crippen LogP contribution in [0.1, 0.15) is 12.0 Å². The highest BCUT2D eigenvalue weighted by Gasteiger charge is 2.30. The third-order valence-corrected chi connectivity index (χ3v) is 2.65. The summed E-state index contributed by atoms with van der Waals surface area (Å²) < 4.78 is 32.3. The molecule has 2 nitrogen and oxygen atoms in total. The van der Waals surface area contributed by atoms with Crippen molar-refractivity contribution < 1.29 is 13.5 Å². The molecule has 0 spiro atoms. The number of nitrogens with two attached hydrogens (primary N) is 1. The van der Waals surface area contributed by atoms with Crippen molar-refractivity contribution in [2.24, 2.45) is 5.73 Å². The molecule has 2 N–H and O–H groups in total. The Hall–Kier alpha value is -0.680. The number of hydrogen-bond acceptors (Lipinski definition) is 2. The topological polar surface area (TPSA) is 35.2 Å². The molecule has 0 aliphatic carbocycles. The first-order chi connectivity index (χ1) is 7.01. The first-order valence-electron chi connectivity index (χ1n) is 4.43. The Morgan fingerprint density at radius 2 is 2.13 bits per heavy atom. The molecule has 0 saturated heterocycles. The van der Waals surface area contributed by atoms with E-state index in [2.05, 4.69) is 15.9 Å². The van der Waals surface area contributed by atoms with E-state index in [0.717, 1.165) is 0 Å². The van der Waals surface area contributed by atoms with Crippen molar-refractivity contribution in [3.05, 3.63) is 28.2 Å². The van der Waals surface area contributed by atoms with E-state index in [4.69, 9.17) is 10.5 Å². The molecule has 1 rings (SSSR count). The van der Waals surface area contributed by atoms with Gasteiger partial charge in [0, 0.05) is 12.0 Å². The molecule has 84 valence electrons. The van der Waals surface area contributed by atoms with Crippen LogP contribution in [0, 0.1) is 0 Å². The molecule has 15 heavy (non-hydrogen) atoms. The van der Waals surface area contributed by atoms with Crippen molar-refractivity contribution in [2.75, 3.05) is 13.7 Å². The lowest BCUT2D eigenvalue weighted by molar-refractivity contribution is -0.0108. The fourth-order valence-corrected chi connectivity index (χ4v) is 1.76. The Bertz CT molecular complexity index is 344. The molecule has 0 atom stereocenters. The minimum Gasteiger partial charge on any atom is -0.496 e. The normalized spacial score (nSPS) is 11.5. The molecule has 0 aromatic heterocycles. The average Bonchev–Trinajstić information content (AvgIpc) is 2.17. The van der Waals surface area contributed by atoms with E-state index in [1.807, 2.05) is 0 Å². The monoisotopic (exact) mass is 279 g/mol. The van der Waals surface area contributed by atoms with Crippen LogP contribution in [0.2, 0.25) is 0 Å². The van der Waals surface area contributed by atoms with Crippen molar-refractivity contribution in [3.8, 4) is 5.75 Å². The van der Waals surface area contributed by atoms with Crippen molar-refractivity contribution in [1.82, 2.24) is 0 Å². The second kappa shape index (κ2) is 4.90. The molecular weight excluding hydrogens is 268 g/mol. The van der Waals surface area contributed by atoms with E-state index in [0.29, 0.717) is 10.2 Å². The van der Waals surface area contributed by atoms with Crippen molar-refractivity contribution in [3.63, 3.8) is 0 Å². The van der Waals surface area contributed by atoms with Gasteiger partial charge in [-0.2, -0.15) is 0 Å². The van der Waals surface area contributed by atoms with Gasteiger partial charge in [-0.05, 0) is 40.7 Å². The second-order valence-electron chi connectivity index (χ2n) is 3.09. The number of ether oxygens (including phenoxy) is 1. The number of benzene rings is 1. The summed E-state index contributed by atoms with van der Waals surface area (Å²) in [5.41, 5.74) is 5.07. The van der Waals surface area contributed by atoms with E-state index in [-0.39, 0.29) is 18.5 Å². The standard InChI is InChI=1S/C10H12BrF2NO/c1-15-9-3-2-7(6-8(9)11)10(12,13)4-5-14/h2-3,6H,4-5,14H2,1H3. The molecule has 0 radical (unpaired) electrons. The van der Waals surface area contributed by atoms with Crippen LogP contribution in [-0.4, -0.2) is 13.7 Å². The lowest BCUT2D eigenvalue weighted by atomic mass is 10.1. The Kier molecular flexibility index (Phi) is 4.04. The van der Waals surface area contributed by atoms with Crippen LogP contribution in [0.4, 0.5) is 8.78 Å². The minimum absolute atomic E-state index is 0.0450. The number of alkyl halides is 2. The van der Waals surface area contributed by atoms with Crippen LogP contribution in [0.15, 0.2) is 22.7 Å². The van der Waals surface area contributed by atoms with Gasteiger partial charge in [0.25, 0.3) is 5.92 Å². The van der Waals surface area contributed by atoms with E-state index < -0.39 is 5.92 Å². The van der Waals surface area contributed by atoms with Gasteiger partial charge in [0.1, 0.15) is 5.75 Å². The molecule has 0 fully saturated rings. The summed E-state index contributed by atoms with van der Waals surface area (Å²) in [7, 11) is 1.48. The van der Waals surface area contributed by atoms with Gasteiger partial charge in [-0.15, -0.1) is 0 Å². The third-order valence-electron chi connectivity index (χ3n) is 2.03. The number of rotatable bonds is 4. The third kappa shape index (κ3) is 2.89. The number of methoxy groups -OCH3 is 1. The van der Waals surface area contributed by atoms with Crippen LogP contribution in [-0.2, 0) is 5.92 Å². The van der Waals surface area contributed by atoms with Crippen LogP contribution in [0.25, 0.3) is 0 Å². The first kappa shape index (κ1) is 12.4. The predicted molar refractivity (Wildman–Crippen MR) is 58.3 cm³/mol. The van der Waals surface area contributed by atoms with E-state index in [1.165, 1.54) is 25.3 Å². The zero-order valence-corrected chi connectivity index (χ0v) is 9.85. The van der Waals surface area contributed by atoms with Gasteiger partial charge in [0.15, 0.2) is 0 Å². The highest BCUT2D eigenvalue weighted by atomic mass is 79.9. The molecule has 0 saturated carbocycles. The van der Waals surface area contributed by atoms with Crippen LogP contribution in [0.5, 0.6) is 5.75 Å². The maximum atomic E-state index is 13.4. The SMILES string of the molecule is COc1ccc(C(F)(F)CCN)cc1Br. The predicted octanol–water partition coefficient (Wildman–Crippen LogP) is 2.90. The summed E-state index contributed by atoms with van der Waals surface area (Å²) in [5, 5.41) is 0. The average molecular weight is 280 g/mol. The highest BCUT2D eigenvalue weighted by molar-refractivity contribution is 9.10. The molecule has 0 amide bonds. The van der Waals surface area contributed by atoms with Crippen LogP contribution >= 0.6 is 15.9 Å². The van der Waals surface area contributed by atoms with Gasteiger partial charge >= 0.3 is 0 Å². The Morgan fingerprint density at radius 1 is 1.47 bits per heavy atom. The van der Waals surface area contributed by atoms with Gasteiger partial charge in [0.2, 0.25) is 0 Å². The molecule has 1 aromatic rings. The molecule has 0 aliphatic heterocycles. The van der Waals surface area contributed by atoms with Gasteiger partial charge in [-0.25, -0.2) is 8.78 Å². The molecule has 1 aromatic carbocycles. The van der Waals surface area contributed by atoms with E-state index in [1.54, 1.807) is 0 Å². The summed E-state index contributed by atoms with van der Waals surface area (Å²) in [6, 6.07) is 4.21. The lowest BCUT2D eigenvalue weighted by Gasteiger charge is -2.16. The van der Waals surface area contributed by atoms with E-state index >= 15 is 0 Å². The summed E-state index contributed by atoms with van der Waals surface area (Å²) in [6.45, 7) is -0.0450. The lowest BCUT2D eigenvalue weighted by Crippen LogP contribution is -2.18. The minimum atomic E-state index is -2.89. The van der Waals surface area contributed by atoms with Gasteiger partial charge in [-0.1, -0.05) is 0 Å². The van der Waals surface area contributed by atoms with Crippen LogP contribution < -0.4 is 10.5 Å². The Morgan fingerprint density at radius 3 is 2.60 bits per heavy atom. The summed E-state index contributed by atoms with van der Waals surface area (Å²) in [4.78, 5) is 0. The fraction of sp³-hybridized carbons (Fsp3) is 0.400. The fourth-order valence-electron chi connectivity index (χ4n) is 1.22. The summed E-state index contributed by atoms with van der Waals surface area (Å²) >= 11 is 3.16. The van der Waals surface area contributed by atoms with Crippen molar-refractivity contribution in [1.29, 1.82) is 0 Å². The van der Waals surface area contributed by atoms with Crippen molar-refractivity contribution in [2.45, 2.75) is 12.3 Å². The van der Waals surface area contributed by atoms with Gasteiger partial charge in [-0.3, -0.25) is 0 Å². The first-order valence-corrected chi connectivity index (χ1v) is 5.22. The molecule has 5 heteroatoms. The maximum Gasteiger partial charge on any atom is 0.274 e. The van der Waals surface area contributed by atoms with Crippen molar-refractivity contribution >= 4 is 15.9 Å². The largest absolute Gasteiger partial charge is 0.496 e. The molecule has 0 unspecified atom stereocenters. The smallest absolute Gasteiger partial charge is 0.274 e.